The molecule has 0 saturated heterocycles. The third-order valence-electron chi connectivity index (χ3n) is 1.79. The first-order valence-electron chi connectivity index (χ1n) is 5.01. The molecule has 7 heteroatoms. The number of hydrogen-bond acceptors (Lipinski definition) is 5. The number of carbonyl (C=O) groups excluding carboxylic acids is 2. The van der Waals surface area contributed by atoms with Crippen LogP contribution in [0, 0.1) is 0 Å². The predicted octanol–water partition coefficient (Wildman–Crippen LogP) is 1.17. The first kappa shape index (κ1) is 14.8. The Labute approximate surface area is 109 Å². The average Bonchev–Trinajstić information content (AvgIpc) is 2.72. The highest BCUT2D eigenvalue weighted by molar-refractivity contribution is 7.88. The maximum Gasteiger partial charge on any atom is 0.338 e. The molecule has 0 bridgehead atoms. The van der Waals surface area contributed by atoms with Crippen molar-refractivity contribution >= 4 is 28.1 Å². The summed E-state index contributed by atoms with van der Waals surface area (Å²) in [5, 5.41) is 0.752. The van der Waals surface area contributed by atoms with Gasteiger partial charge in [0.1, 0.15) is 0 Å². The lowest BCUT2D eigenvalue weighted by molar-refractivity contribution is -0.150. The highest BCUT2D eigenvalue weighted by Crippen LogP contribution is 2.01. The van der Waals surface area contributed by atoms with Gasteiger partial charge in [0.25, 0.3) is 10.1 Å². The molecule has 1 aliphatic heterocycles. The van der Waals surface area contributed by atoms with Gasteiger partial charge in [0.05, 0.1) is 5.41 Å². The van der Waals surface area contributed by atoms with E-state index in [-0.39, 0.29) is 0 Å². The summed E-state index contributed by atoms with van der Waals surface area (Å²) in [6.07, 6.45) is 3.50. The van der Waals surface area contributed by atoms with Gasteiger partial charge in [-0.3, -0.25) is 4.55 Å². The average molecular weight is 282 g/mol. The highest BCUT2D eigenvalue weighted by Gasteiger charge is 2.10. The lowest BCUT2D eigenvalue weighted by atomic mass is 10.2. The largest absolute Gasteiger partial charge is 0.387 e. The van der Waals surface area contributed by atoms with Gasteiger partial charge in [0.2, 0.25) is 0 Å². The number of benzene rings is 1. The second-order valence-corrected chi connectivity index (χ2v) is 4.60. The molecule has 0 aromatic heterocycles. The predicted molar refractivity (Wildman–Crippen MR) is 67.3 cm³/mol. The first-order valence-corrected chi connectivity index (χ1v) is 6.51. The molecule has 1 heterocycles. The van der Waals surface area contributed by atoms with E-state index in [2.05, 4.69) is 4.74 Å². The van der Waals surface area contributed by atoms with E-state index in [9.17, 15) is 18.0 Å². The van der Waals surface area contributed by atoms with Crippen LogP contribution in [0.25, 0.3) is 6.08 Å². The van der Waals surface area contributed by atoms with Gasteiger partial charge in [-0.15, -0.1) is 0 Å². The van der Waals surface area contributed by atoms with Crippen LogP contribution in [-0.4, -0.2) is 24.9 Å². The summed E-state index contributed by atoms with van der Waals surface area (Å²) in [4.78, 5) is 19.8. The highest BCUT2D eigenvalue weighted by atomic mass is 32.2. The summed E-state index contributed by atoms with van der Waals surface area (Å²) in [6, 6.07) is 8.86. The van der Waals surface area contributed by atoms with Crippen molar-refractivity contribution in [3.8, 4) is 0 Å². The topological polar surface area (TPSA) is 97.7 Å². The minimum atomic E-state index is -4.00. The van der Waals surface area contributed by atoms with Crippen LogP contribution in [0.2, 0.25) is 0 Å². The zero-order chi connectivity index (χ0) is 14.3. The van der Waals surface area contributed by atoms with Crippen LogP contribution in [0.4, 0.5) is 0 Å². The van der Waals surface area contributed by atoms with Gasteiger partial charge in [-0.25, -0.2) is 9.59 Å². The molecule has 1 aromatic carbocycles. The lowest BCUT2D eigenvalue weighted by Crippen LogP contribution is -1.96. The Bertz CT molecular complexity index is 597. The monoisotopic (exact) mass is 282 g/mol. The quantitative estimate of drug-likeness (QED) is 0.497. The molecule has 19 heavy (non-hydrogen) atoms. The van der Waals surface area contributed by atoms with E-state index in [0.717, 1.165) is 23.1 Å². The molecule has 6 nitrogen and oxygen atoms in total. The second kappa shape index (κ2) is 6.62. The van der Waals surface area contributed by atoms with Crippen molar-refractivity contribution in [1.29, 1.82) is 0 Å². The molecule has 0 atom stereocenters. The maximum atomic E-state index is 10.3. The van der Waals surface area contributed by atoms with E-state index in [1.165, 1.54) is 6.08 Å². The Hall–Kier alpha value is -2.25. The number of carbonyl (C=O) groups is 2. The number of esters is 2. The number of cyclic esters (lactones) is 2. The molecule has 0 spiro atoms. The molecular weight excluding hydrogens is 272 g/mol. The molecule has 0 aliphatic carbocycles. The Morgan fingerprint density at radius 1 is 1.00 bits per heavy atom. The molecule has 0 amide bonds. The van der Waals surface area contributed by atoms with E-state index in [0.29, 0.717) is 0 Å². The molecule has 1 aliphatic rings. The minimum Gasteiger partial charge on any atom is -0.387 e. The van der Waals surface area contributed by atoms with Crippen LogP contribution in [0.15, 0.2) is 47.9 Å². The third kappa shape index (κ3) is 6.92. The summed E-state index contributed by atoms with van der Waals surface area (Å²) in [5.41, 5.74) is 0.732. The Balaban J connectivity index is 0.000000218. The van der Waals surface area contributed by atoms with Crippen molar-refractivity contribution < 1.29 is 27.3 Å². The summed E-state index contributed by atoms with van der Waals surface area (Å²) < 4.78 is 32.9. The SMILES string of the molecule is O=C1C=CC(=O)O1.O=S(=O)(O)C=Cc1ccccc1. The number of ether oxygens (including phenoxy) is 1. The van der Waals surface area contributed by atoms with Crippen LogP contribution in [0.1, 0.15) is 5.56 Å². The standard InChI is InChI=1S/C8H8O3S.C4H2O3/c9-12(10,11)7-6-8-4-2-1-3-5-8;5-3-1-2-4(6)7-3/h1-7H,(H,9,10,11);1-2H. The van der Waals surface area contributed by atoms with Crippen LogP contribution >= 0.6 is 0 Å². The summed E-state index contributed by atoms with van der Waals surface area (Å²) in [7, 11) is -4.00. The van der Waals surface area contributed by atoms with E-state index in [1.807, 2.05) is 6.07 Å². The van der Waals surface area contributed by atoms with Crippen molar-refractivity contribution in [3.63, 3.8) is 0 Å². The second-order valence-electron chi connectivity index (χ2n) is 3.30. The van der Waals surface area contributed by atoms with Crippen molar-refractivity contribution in [1.82, 2.24) is 0 Å². The molecule has 1 N–H and O–H groups in total. The molecule has 1 aromatic rings. The first-order chi connectivity index (χ1) is 8.87. The van der Waals surface area contributed by atoms with Crippen molar-refractivity contribution in [2.45, 2.75) is 0 Å². The molecular formula is C12H10O6S. The molecule has 0 fully saturated rings. The van der Waals surface area contributed by atoms with Crippen LogP contribution in [0.5, 0.6) is 0 Å². The molecule has 100 valence electrons. The molecule has 0 radical (unpaired) electrons. The van der Waals surface area contributed by atoms with Gasteiger partial charge in [0.15, 0.2) is 0 Å². The third-order valence-corrected chi connectivity index (χ3v) is 2.27. The fourth-order valence-electron chi connectivity index (χ4n) is 1.03. The fourth-order valence-corrected chi connectivity index (χ4v) is 1.36. The number of rotatable bonds is 2. The van der Waals surface area contributed by atoms with Gasteiger partial charge in [-0.2, -0.15) is 8.42 Å². The minimum absolute atomic E-state index is 0.579. The van der Waals surface area contributed by atoms with Gasteiger partial charge in [-0.1, -0.05) is 30.3 Å². The zero-order valence-electron chi connectivity index (χ0n) is 9.59. The van der Waals surface area contributed by atoms with Crippen molar-refractivity contribution in [2.24, 2.45) is 0 Å². The van der Waals surface area contributed by atoms with Crippen LogP contribution in [-0.2, 0) is 24.4 Å². The molecule has 0 saturated carbocycles. The van der Waals surface area contributed by atoms with Crippen LogP contribution < -0.4 is 0 Å². The van der Waals surface area contributed by atoms with E-state index < -0.39 is 22.1 Å². The normalized spacial score (nSPS) is 14.2. The summed E-state index contributed by atoms with van der Waals surface area (Å²) >= 11 is 0. The zero-order valence-corrected chi connectivity index (χ0v) is 10.4. The van der Waals surface area contributed by atoms with Gasteiger partial charge >= 0.3 is 11.9 Å². The van der Waals surface area contributed by atoms with Crippen LogP contribution in [0.3, 0.4) is 0 Å². The van der Waals surface area contributed by atoms with Crippen molar-refractivity contribution in [3.05, 3.63) is 53.5 Å². The Morgan fingerprint density at radius 3 is 1.89 bits per heavy atom. The lowest BCUT2D eigenvalue weighted by Gasteiger charge is -1.89. The maximum absolute atomic E-state index is 10.3. The van der Waals surface area contributed by atoms with Crippen molar-refractivity contribution in [2.75, 3.05) is 0 Å². The molecule has 2 rings (SSSR count). The Kier molecular flexibility index (Phi) is 5.16. The Morgan fingerprint density at radius 2 is 1.53 bits per heavy atom. The van der Waals surface area contributed by atoms with Gasteiger partial charge < -0.3 is 4.74 Å². The van der Waals surface area contributed by atoms with E-state index >= 15 is 0 Å². The number of hydrogen-bond donors (Lipinski definition) is 1. The van der Waals surface area contributed by atoms with Gasteiger partial charge in [-0.05, 0) is 11.6 Å². The smallest absolute Gasteiger partial charge is 0.338 e. The van der Waals surface area contributed by atoms with E-state index in [1.54, 1.807) is 24.3 Å². The summed E-state index contributed by atoms with van der Waals surface area (Å²) in [6.45, 7) is 0. The van der Waals surface area contributed by atoms with Gasteiger partial charge in [0, 0.05) is 12.2 Å². The van der Waals surface area contributed by atoms with E-state index in [4.69, 9.17) is 4.55 Å². The fraction of sp³-hybridized carbons (Fsp3) is 0. The molecule has 0 unspecified atom stereocenters. The summed E-state index contributed by atoms with van der Waals surface area (Å²) in [5.74, 6) is -1.16.